The van der Waals surface area contributed by atoms with Crippen LogP contribution in [0.15, 0.2) is 28.7 Å². The van der Waals surface area contributed by atoms with Crippen molar-refractivity contribution < 1.29 is 18.7 Å². The molecule has 2 aromatic rings. The largest absolute Gasteiger partial charge is 0.429 e. The number of ketones is 1. The quantitative estimate of drug-likeness (QED) is 0.748. The lowest BCUT2D eigenvalue weighted by molar-refractivity contribution is -0.156. The Hall–Kier alpha value is -1.50. The monoisotopic (exact) mass is 277 g/mol. The van der Waals surface area contributed by atoms with Crippen LogP contribution in [0.25, 0.3) is 11.1 Å². The number of carbonyl (C=O) groups excluding carboxylic acids is 1. The summed E-state index contributed by atoms with van der Waals surface area (Å²) in [6, 6.07) is 7.45. The molecule has 2 aliphatic rings. The van der Waals surface area contributed by atoms with E-state index in [-0.39, 0.29) is 17.9 Å². The normalized spacial score (nSPS) is 30.1. The van der Waals surface area contributed by atoms with E-state index in [1.54, 1.807) is 0 Å². The van der Waals surface area contributed by atoms with E-state index in [4.69, 9.17) is 26.1 Å². The van der Waals surface area contributed by atoms with Crippen molar-refractivity contribution in [2.75, 3.05) is 6.61 Å². The van der Waals surface area contributed by atoms with Gasteiger partial charge in [-0.1, -0.05) is 12.1 Å². The van der Waals surface area contributed by atoms with E-state index >= 15 is 0 Å². The van der Waals surface area contributed by atoms with Crippen molar-refractivity contribution in [2.24, 2.45) is 0 Å². The molecule has 5 nitrogen and oxygen atoms in total. The SMILES string of the molecule is O=C1C[C@H](n2c(=S)oc3ccccc32)[C@H]2CO[C@H]1O2. The van der Waals surface area contributed by atoms with Gasteiger partial charge in [0, 0.05) is 6.42 Å². The molecule has 98 valence electrons. The van der Waals surface area contributed by atoms with Gasteiger partial charge in [0.15, 0.2) is 11.4 Å². The Morgan fingerprint density at radius 1 is 1.32 bits per heavy atom. The number of aromatic nitrogens is 1. The predicted octanol–water partition coefficient (Wildman–Crippen LogP) is 2.22. The third kappa shape index (κ3) is 1.60. The van der Waals surface area contributed by atoms with Gasteiger partial charge in [0.05, 0.1) is 18.2 Å². The molecule has 6 heteroatoms. The zero-order chi connectivity index (χ0) is 13.0. The first-order chi connectivity index (χ1) is 9.24. The summed E-state index contributed by atoms with van der Waals surface area (Å²) in [5.41, 5.74) is 1.61. The summed E-state index contributed by atoms with van der Waals surface area (Å²) in [7, 11) is 0. The molecule has 3 atom stereocenters. The molecule has 19 heavy (non-hydrogen) atoms. The third-order valence-corrected chi connectivity index (χ3v) is 3.94. The molecule has 0 amide bonds. The van der Waals surface area contributed by atoms with Crippen LogP contribution in [0.4, 0.5) is 0 Å². The van der Waals surface area contributed by atoms with Crippen LogP contribution in [-0.4, -0.2) is 29.4 Å². The topological polar surface area (TPSA) is 53.6 Å². The number of benzene rings is 1. The van der Waals surface area contributed by atoms with Crippen molar-refractivity contribution >= 4 is 29.1 Å². The minimum atomic E-state index is -0.686. The van der Waals surface area contributed by atoms with Gasteiger partial charge in [-0.05, 0) is 24.4 Å². The van der Waals surface area contributed by atoms with Gasteiger partial charge in [-0.2, -0.15) is 0 Å². The molecular formula is C13H11NO4S. The number of hydrogen-bond acceptors (Lipinski definition) is 5. The average Bonchev–Trinajstić information content (AvgIpc) is 2.96. The number of oxazole rings is 1. The van der Waals surface area contributed by atoms with E-state index in [1.165, 1.54) is 0 Å². The Bertz CT molecular complexity index is 719. The lowest BCUT2D eigenvalue weighted by atomic mass is 10.0. The molecule has 2 fully saturated rings. The predicted molar refractivity (Wildman–Crippen MR) is 68.3 cm³/mol. The summed E-state index contributed by atoms with van der Waals surface area (Å²) in [6.45, 7) is 0.419. The fourth-order valence-electron chi connectivity index (χ4n) is 2.78. The molecule has 0 aliphatic carbocycles. The summed E-state index contributed by atoms with van der Waals surface area (Å²) in [5, 5.41) is 0. The summed E-state index contributed by atoms with van der Waals surface area (Å²) < 4.78 is 18.3. The number of ether oxygens (including phenoxy) is 2. The maximum Gasteiger partial charge on any atom is 0.269 e. The summed E-state index contributed by atoms with van der Waals surface area (Å²) >= 11 is 5.28. The van der Waals surface area contributed by atoms with Crippen LogP contribution in [0.3, 0.4) is 0 Å². The van der Waals surface area contributed by atoms with Gasteiger partial charge in [-0.15, -0.1) is 0 Å². The molecule has 1 aromatic heterocycles. The van der Waals surface area contributed by atoms with E-state index in [0.29, 0.717) is 17.9 Å². The highest BCUT2D eigenvalue weighted by atomic mass is 32.1. The molecule has 0 spiro atoms. The summed E-state index contributed by atoms with van der Waals surface area (Å²) in [5.74, 6) is -0.0362. The molecule has 0 unspecified atom stereocenters. The van der Waals surface area contributed by atoms with Crippen molar-refractivity contribution in [2.45, 2.75) is 24.9 Å². The Morgan fingerprint density at radius 2 is 2.16 bits per heavy atom. The van der Waals surface area contributed by atoms with Gasteiger partial charge in [0.2, 0.25) is 6.29 Å². The molecule has 2 saturated heterocycles. The van der Waals surface area contributed by atoms with E-state index in [2.05, 4.69) is 0 Å². The third-order valence-electron chi connectivity index (χ3n) is 3.66. The van der Waals surface area contributed by atoms with Crippen LogP contribution >= 0.6 is 12.2 Å². The van der Waals surface area contributed by atoms with Gasteiger partial charge >= 0.3 is 0 Å². The van der Waals surface area contributed by atoms with Gasteiger partial charge in [-0.25, -0.2) is 0 Å². The molecule has 4 rings (SSSR count). The highest BCUT2D eigenvalue weighted by molar-refractivity contribution is 7.71. The molecule has 0 saturated carbocycles. The van der Waals surface area contributed by atoms with Gasteiger partial charge in [0.1, 0.15) is 6.10 Å². The van der Waals surface area contributed by atoms with Crippen molar-refractivity contribution in [3.63, 3.8) is 0 Å². The number of para-hydroxylation sites is 2. The fourth-order valence-corrected chi connectivity index (χ4v) is 3.10. The number of rotatable bonds is 1. The molecule has 2 aliphatic heterocycles. The Kier molecular flexibility index (Phi) is 2.38. The number of fused-ring (bicyclic) bond motifs is 3. The standard InChI is InChI=1S/C13H11NO4S/c15-9-5-8(11-6-16-12(9)17-11)14-7-3-1-2-4-10(7)18-13(14)19/h1-4,8,11-12H,5-6H2/t8-,11+,12-/m0/s1. The summed E-state index contributed by atoms with van der Waals surface area (Å²) in [4.78, 5) is 12.2. The molecule has 0 radical (unpaired) electrons. The Labute approximate surface area is 113 Å². The first kappa shape index (κ1) is 11.3. The maximum absolute atomic E-state index is 11.9. The van der Waals surface area contributed by atoms with Crippen molar-refractivity contribution in [3.05, 3.63) is 29.1 Å². The van der Waals surface area contributed by atoms with Crippen LogP contribution < -0.4 is 0 Å². The molecule has 2 bridgehead atoms. The van der Waals surface area contributed by atoms with Crippen molar-refractivity contribution in [3.8, 4) is 0 Å². The van der Waals surface area contributed by atoms with Crippen LogP contribution in [0.2, 0.25) is 0 Å². The van der Waals surface area contributed by atoms with Gasteiger partial charge in [0.25, 0.3) is 4.84 Å². The first-order valence-electron chi connectivity index (χ1n) is 6.14. The maximum atomic E-state index is 11.9. The average molecular weight is 277 g/mol. The zero-order valence-electron chi connectivity index (χ0n) is 9.94. The second-order valence-corrected chi connectivity index (χ2v) is 5.13. The zero-order valence-corrected chi connectivity index (χ0v) is 10.8. The van der Waals surface area contributed by atoms with Gasteiger partial charge < -0.3 is 13.9 Å². The fraction of sp³-hybridized carbons (Fsp3) is 0.385. The highest BCUT2D eigenvalue weighted by Crippen LogP contribution is 2.35. The van der Waals surface area contributed by atoms with Crippen molar-refractivity contribution in [1.29, 1.82) is 0 Å². The molecule has 3 heterocycles. The van der Waals surface area contributed by atoms with E-state index in [1.807, 2.05) is 28.8 Å². The van der Waals surface area contributed by atoms with Crippen LogP contribution in [0, 0.1) is 4.84 Å². The lowest BCUT2D eigenvalue weighted by Gasteiger charge is -2.27. The Morgan fingerprint density at radius 3 is 3.05 bits per heavy atom. The molecular weight excluding hydrogens is 266 g/mol. The lowest BCUT2D eigenvalue weighted by Crippen LogP contribution is -2.36. The van der Waals surface area contributed by atoms with Crippen molar-refractivity contribution in [1.82, 2.24) is 4.57 Å². The van der Waals surface area contributed by atoms with Crippen LogP contribution in [0.5, 0.6) is 0 Å². The summed E-state index contributed by atoms with van der Waals surface area (Å²) in [6.07, 6.45) is -0.461. The molecule has 1 aromatic carbocycles. The van der Waals surface area contributed by atoms with E-state index in [0.717, 1.165) is 11.1 Å². The number of Topliss-reactive ketones (excluding diaryl/α,β-unsaturated/α-hetero) is 1. The molecule has 0 N–H and O–H groups in total. The van der Waals surface area contributed by atoms with E-state index in [9.17, 15) is 4.79 Å². The second kappa shape index (κ2) is 4.00. The van der Waals surface area contributed by atoms with Crippen LogP contribution in [0.1, 0.15) is 12.5 Å². The Balaban J connectivity index is 1.88. The number of nitrogens with zero attached hydrogens (tertiary/aromatic N) is 1. The first-order valence-corrected chi connectivity index (χ1v) is 6.55. The van der Waals surface area contributed by atoms with Crippen LogP contribution in [-0.2, 0) is 14.3 Å². The number of carbonyl (C=O) groups is 1. The minimum absolute atomic E-state index is 0.0362. The second-order valence-electron chi connectivity index (χ2n) is 4.78. The minimum Gasteiger partial charge on any atom is -0.429 e. The number of hydrogen-bond donors (Lipinski definition) is 0. The van der Waals surface area contributed by atoms with E-state index < -0.39 is 6.29 Å². The van der Waals surface area contributed by atoms with Gasteiger partial charge in [-0.3, -0.25) is 9.36 Å². The highest BCUT2D eigenvalue weighted by Gasteiger charge is 2.44. The smallest absolute Gasteiger partial charge is 0.269 e.